The molecule has 154 valence electrons. The van der Waals surface area contributed by atoms with Gasteiger partial charge in [0.15, 0.2) is 5.96 Å². The maximum Gasteiger partial charge on any atom is 0.247 e. The lowest BCUT2D eigenvalue weighted by atomic mass is 9.64. The summed E-state index contributed by atoms with van der Waals surface area (Å²) in [6, 6.07) is 13.9. The minimum absolute atomic E-state index is 0. The topological polar surface area (TPSA) is 96.6 Å². The predicted octanol–water partition coefficient (Wildman–Crippen LogP) is 3.19. The second kappa shape index (κ2) is 10.0. The van der Waals surface area contributed by atoms with Crippen LogP contribution in [0.3, 0.4) is 0 Å². The Morgan fingerprint density at radius 1 is 1.18 bits per heavy atom. The summed E-state index contributed by atoms with van der Waals surface area (Å²) in [6.07, 6.45) is 3.59. The zero-order valence-corrected chi connectivity index (χ0v) is 19.8. The number of nitrogens with one attached hydrogen (secondary N) is 2. The van der Waals surface area contributed by atoms with E-state index in [0.717, 1.165) is 35.3 Å². The van der Waals surface area contributed by atoms with Crippen LogP contribution < -0.4 is 15.8 Å². The van der Waals surface area contributed by atoms with Crippen LogP contribution in [-0.2, 0) is 22.0 Å². The first-order valence-electron chi connectivity index (χ1n) is 9.12. The molecule has 0 aliphatic heterocycles. The highest BCUT2D eigenvalue weighted by Gasteiger charge is 2.38. The van der Waals surface area contributed by atoms with Crippen molar-refractivity contribution in [2.24, 2.45) is 10.1 Å². The van der Waals surface area contributed by atoms with Gasteiger partial charge in [-0.2, -0.15) is 0 Å². The Morgan fingerprint density at radius 2 is 1.89 bits per heavy atom. The quantitative estimate of drug-likeness (QED) is 0.289. The SMILES string of the molecule is CCNC(=NCc1ccc(S(N)(=O)=O)s1)NCC1(c2ccccc2)CCC1.I. The lowest BCUT2D eigenvalue weighted by molar-refractivity contribution is 0.244. The highest BCUT2D eigenvalue weighted by molar-refractivity contribution is 14.0. The van der Waals surface area contributed by atoms with Crippen LogP contribution in [0.1, 0.15) is 36.6 Å². The number of hydrogen-bond donors (Lipinski definition) is 3. The van der Waals surface area contributed by atoms with Crippen molar-refractivity contribution in [3.63, 3.8) is 0 Å². The average molecular weight is 534 g/mol. The molecule has 0 radical (unpaired) electrons. The Kier molecular flexibility index (Phi) is 8.29. The first kappa shape index (κ1) is 23.1. The minimum atomic E-state index is -3.65. The van der Waals surface area contributed by atoms with Gasteiger partial charge >= 0.3 is 0 Å². The molecule has 9 heteroatoms. The number of sulfonamides is 1. The molecule has 28 heavy (non-hydrogen) atoms. The van der Waals surface area contributed by atoms with Gasteiger partial charge in [-0.25, -0.2) is 18.5 Å². The number of nitrogens with zero attached hydrogens (tertiary/aromatic N) is 1. The van der Waals surface area contributed by atoms with E-state index in [0.29, 0.717) is 6.54 Å². The molecule has 0 atom stereocenters. The van der Waals surface area contributed by atoms with Crippen molar-refractivity contribution < 1.29 is 8.42 Å². The van der Waals surface area contributed by atoms with Gasteiger partial charge in [0.05, 0.1) is 6.54 Å². The molecule has 0 amide bonds. The molecule has 1 aromatic heterocycles. The van der Waals surface area contributed by atoms with Crippen LogP contribution in [-0.4, -0.2) is 27.5 Å². The number of primary sulfonamides is 1. The van der Waals surface area contributed by atoms with Crippen LogP contribution in [0, 0.1) is 0 Å². The molecule has 0 saturated heterocycles. The van der Waals surface area contributed by atoms with Gasteiger partial charge in [-0.3, -0.25) is 0 Å². The van der Waals surface area contributed by atoms with Gasteiger partial charge in [0, 0.05) is 23.4 Å². The van der Waals surface area contributed by atoms with Gasteiger partial charge in [0.25, 0.3) is 0 Å². The number of benzene rings is 1. The van der Waals surface area contributed by atoms with Crippen molar-refractivity contribution in [1.82, 2.24) is 10.6 Å². The third-order valence-electron chi connectivity index (χ3n) is 4.95. The summed E-state index contributed by atoms with van der Waals surface area (Å²) < 4.78 is 23.0. The second-order valence-corrected chi connectivity index (χ2v) is 9.77. The summed E-state index contributed by atoms with van der Waals surface area (Å²) in [5.41, 5.74) is 1.54. The molecule has 1 aliphatic carbocycles. The van der Waals surface area contributed by atoms with Crippen molar-refractivity contribution in [2.45, 2.75) is 42.4 Å². The molecular weight excluding hydrogens is 507 g/mol. The minimum Gasteiger partial charge on any atom is -0.357 e. The van der Waals surface area contributed by atoms with E-state index in [9.17, 15) is 8.42 Å². The Morgan fingerprint density at radius 3 is 2.43 bits per heavy atom. The van der Waals surface area contributed by atoms with Crippen molar-refractivity contribution in [3.05, 3.63) is 52.9 Å². The van der Waals surface area contributed by atoms with E-state index >= 15 is 0 Å². The van der Waals surface area contributed by atoms with E-state index in [-0.39, 0.29) is 33.6 Å². The Labute approximate surface area is 188 Å². The van der Waals surface area contributed by atoms with Gasteiger partial charge in [0.1, 0.15) is 4.21 Å². The van der Waals surface area contributed by atoms with E-state index < -0.39 is 10.0 Å². The molecule has 0 unspecified atom stereocenters. The largest absolute Gasteiger partial charge is 0.357 e. The number of nitrogens with two attached hydrogens (primary N) is 1. The normalized spacial score (nSPS) is 16.0. The fraction of sp³-hybridized carbons (Fsp3) is 0.421. The van der Waals surface area contributed by atoms with Gasteiger partial charge in [-0.15, -0.1) is 35.3 Å². The fourth-order valence-electron chi connectivity index (χ4n) is 3.31. The lowest BCUT2D eigenvalue weighted by Gasteiger charge is -2.43. The Balaban J connectivity index is 0.00000280. The van der Waals surface area contributed by atoms with Gasteiger partial charge < -0.3 is 10.6 Å². The summed E-state index contributed by atoms with van der Waals surface area (Å²) in [6.45, 7) is 4.03. The summed E-state index contributed by atoms with van der Waals surface area (Å²) in [5.74, 6) is 0.741. The molecule has 1 saturated carbocycles. The second-order valence-electron chi connectivity index (χ2n) is 6.81. The highest BCUT2D eigenvalue weighted by Crippen LogP contribution is 2.43. The molecule has 6 nitrogen and oxygen atoms in total. The lowest BCUT2D eigenvalue weighted by Crippen LogP contribution is -2.48. The van der Waals surface area contributed by atoms with Crippen molar-refractivity contribution in [3.8, 4) is 0 Å². The van der Waals surface area contributed by atoms with Crippen molar-refractivity contribution >= 4 is 51.3 Å². The van der Waals surface area contributed by atoms with Crippen LogP contribution in [0.4, 0.5) is 0 Å². The molecule has 0 spiro atoms. The summed E-state index contributed by atoms with van der Waals surface area (Å²) in [5, 5.41) is 11.9. The van der Waals surface area contributed by atoms with E-state index in [1.54, 1.807) is 6.07 Å². The molecule has 1 fully saturated rings. The first-order valence-corrected chi connectivity index (χ1v) is 11.5. The zero-order valence-electron chi connectivity index (χ0n) is 15.8. The van der Waals surface area contributed by atoms with Crippen LogP contribution in [0.25, 0.3) is 0 Å². The van der Waals surface area contributed by atoms with E-state index in [1.807, 2.05) is 13.0 Å². The smallest absolute Gasteiger partial charge is 0.247 e. The average Bonchev–Trinajstić information content (AvgIpc) is 3.09. The molecule has 4 N–H and O–H groups in total. The molecule has 1 aromatic carbocycles. The standard InChI is InChI=1S/C19H26N4O2S2.HI/c1-2-21-18(22-13-16-9-10-17(26-16)27(20,24)25)23-14-19(11-6-12-19)15-7-4-3-5-8-15;/h3-5,7-10H,2,6,11-14H2,1H3,(H2,20,24,25)(H2,21,22,23);1H. The number of thiophene rings is 1. The Bertz CT molecular complexity index is 894. The van der Waals surface area contributed by atoms with Gasteiger partial charge in [-0.05, 0) is 37.5 Å². The number of hydrogen-bond acceptors (Lipinski definition) is 4. The van der Waals surface area contributed by atoms with Crippen LogP contribution in [0.5, 0.6) is 0 Å². The number of rotatable bonds is 7. The van der Waals surface area contributed by atoms with Crippen LogP contribution in [0.15, 0.2) is 51.7 Å². The van der Waals surface area contributed by atoms with E-state index in [1.165, 1.54) is 30.9 Å². The monoisotopic (exact) mass is 534 g/mol. The molecule has 1 heterocycles. The third-order valence-corrected chi connectivity index (χ3v) is 7.45. The maximum absolute atomic E-state index is 11.4. The van der Waals surface area contributed by atoms with Gasteiger partial charge in [0.2, 0.25) is 10.0 Å². The van der Waals surface area contributed by atoms with Gasteiger partial charge in [-0.1, -0.05) is 36.8 Å². The maximum atomic E-state index is 11.4. The summed E-state index contributed by atoms with van der Waals surface area (Å²) in [4.78, 5) is 5.46. The molecule has 2 aromatic rings. The van der Waals surface area contributed by atoms with Crippen molar-refractivity contribution in [2.75, 3.05) is 13.1 Å². The van der Waals surface area contributed by atoms with Crippen LogP contribution >= 0.6 is 35.3 Å². The highest BCUT2D eigenvalue weighted by atomic mass is 127. The zero-order chi connectivity index (χ0) is 19.3. The number of aliphatic imine (C=N–C) groups is 1. The molecule has 0 bridgehead atoms. The number of guanidine groups is 1. The number of halogens is 1. The summed E-state index contributed by atoms with van der Waals surface area (Å²) in [7, 11) is -3.65. The van der Waals surface area contributed by atoms with E-state index in [2.05, 4.69) is 39.9 Å². The van der Waals surface area contributed by atoms with E-state index in [4.69, 9.17) is 5.14 Å². The van der Waals surface area contributed by atoms with Crippen molar-refractivity contribution in [1.29, 1.82) is 0 Å². The predicted molar refractivity (Wildman–Crippen MR) is 126 cm³/mol. The van der Waals surface area contributed by atoms with Crippen LogP contribution in [0.2, 0.25) is 0 Å². The molecular formula is C19H27IN4O2S2. The summed E-state index contributed by atoms with van der Waals surface area (Å²) >= 11 is 1.16. The fourth-order valence-corrected chi connectivity index (χ4v) is 5.01. The third kappa shape index (κ3) is 5.68. The molecule has 1 aliphatic rings. The first-order chi connectivity index (χ1) is 12.9. The Hall–Kier alpha value is -1.17. The molecule has 3 rings (SSSR count).